The first-order valence-electron chi connectivity index (χ1n) is 5.26. The van der Waals surface area contributed by atoms with Gasteiger partial charge in [0, 0.05) is 6.61 Å². The molecule has 1 fully saturated rings. The highest BCUT2D eigenvalue weighted by Gasteiger charge is 2.37. The molecule has 0 N–H and O–H groups in total. The number of hydrogen-bond donors (Lipinski definition) is 0. The lowest BCUT2D eigenvalue weighted by molar-refractivity contribution is 0.0197. The molecule has 0 bridgehead atoms. The van der Waals surface area contributed by atoms with Crippen LogP contribution in [-0.4, -0.2) is 12.2 Å². The lowest BCUT2D eigenvalue weighted by Gasteiger charge is -2.29. The number of hydrogen-bond acceptors (Lipinski definition) is 1. The van der Waals surface area contributed by atoms with Crippen molar-refractivity contribution in [2.45, 2.75) is 30.2 Å². The van der Waals surface area contributed by atoms with Crippen LogP contribution in [0.4, 0.5) is 4.39 Å². The topological polar surface area (TPSA) is 9.23 Å². The fraction of sp³-hybridized carbons (Fsp3) is 0.500. The molecular weight excluding hydrogens is 339 g/mol. The molecule has 1 aromatic rings. The van der Waals surface area contributed by atoms with Gasteiger partial charge in [-0.25, -0.2) is 4.39 Å². The highest BCUT2D eigenvalue weighted by atomic mass is 79.9. The molecule has 2 atom stereocenters. The van der Waals surface area contributed by atoms with Crippen LogP contribution in [0.1, 0.15) is 30.2 Å². The third-order valence-electron chi connectivity index (χ3n) is 3.02. The van der Waals surface area contributed by atoms with Crippen LogP contribution in [0.3, 0.4) is 0 Å². The second-order valence-electron chi connectivity index (χ2n) is 4.30. The standard InChI is InChI=1S/C12H13Br2FO/c1-12(5-2-6-16-12)11(14)8-3-4-10(15)9(13)7-8/h3-4,7,11H,2,5-6H2,1H3. The average molecular weight is 352 g/mol. The van der Waals surface area contributed by atoms with Gasteiger partial charge in [0.1, 0.15) is 5.82 Å². The molecule has 1 aliphatic heterocycles. The van der Waals surface area contributed by atoms with E-state index < -0.39 is 0 Å². The summed E-state index contributed by atoms with van der Waals surface area (Å²) < 4.78 is 19.4. The summed E-state index contributed by atoms with van der Waals surface area (Å²) in [7, 11) is 0. The lowest BCUT2D eigenvalue weighted by atomic mass is 9.93. The highest BCUT2D eigenvalue weighted by molar-refractivity contribution is 9.10. The molecule has 1 heterocycles. The zero-order valence-corrected chi connectivity index (χ0v) is 12.1. The van der Waals surface area contributed by atoms with E-state index in [1.165, 1.54) is 6.07 Å². The van der Waals surface area contributed by atoms with E-state index in [0.29, 0.717) is 4.47 Å². The van der Waals surface area contributed by atoms with Crippen molar-refractivity contribution in [3.05, 3.63) is 34.1 Å². The van der Waals surface area contributed by atoms with Gasteiger partial charge < -0.3 is 4.74 Å². The summed E-state index contributed by atoms with van der Waals surface area (Å²) in [4.78, 5) is 0.0967. The minimum absolute atomic E-state index is 0.0967. The predicted octanol–water partition coefficient (Wildman–Crippen LogP) is 4.59. The Labute approximate surface area is 112 Å². The van der Waals surface area contributed by atoms with Crippen LogP contribution >= 0.6 is 31.9 Å². The summed E-state index contributed by atoms with van der Waals surface area (Å²) in [5.74, 6) is -0.235. The molecule has 2 rings (SSSR count). The van der Waals surface area contributed by atoms with E-state index in [4.69, 9.17) is 4.74 Å². The molecule has 0 radical (unpaired) electrons. The number of benzene rings is 1. The minimum atomic E-state index is -0.235. The van der Waals surface area contributed by atoms with Crippen molar-refractivity contribution in [2.24, 2.45) is 0 Å². The van der Waals surface area contributed by atoms with E-state index in [9.17, 15) is 4.39 Å². The van der Waals surface area contributed by atoms with E-state index in [1.54, 1.807) is 6.07 Å². The van der Waals surface area contributed by atoms with Gasteiger partial charge in [-0.05, 0) is 53.4 Å². The van der Waals surface area contributed by atoms with E-state index in [-0.39, 0.29) is 16.2 Å². The number of rotatable bonds is 2. The van der Waals surface area contributed by atoms with Crippen LogP contribution < -0.4 is 0 Å². The SMILES string of the molecule is CC1(C(Br)c2ccc(F)c(Br)c2)CCCO1. The zero-order valence-electron chi connectivity index (χ0n) is 8.97. The normalized spacial score (nSPS) is 27.0. The molecule has 1 nitrogen and oxygen atoms in total. The number of alkyl halides is 1. The summed E-state index contributed by atoms with van der Waals surface area (Å²) in [6.45, 7) is 2.90. The highest BCUT2D eigenvalue weighted by Crippen LogP contribution is 2.43. The largest absolute Gasteiger partial charge is 0.374 e. The smallest absolute Gasteiger partial charge is 0.137 e. The Morgan fingerprint density at radius 1 is 1.50 bits per heavy atom. The molecule has 1 aliphatic rings. The van der Waals surface area contributed by atoms with Gasteiger partial charge in [-0.2, -0.15) is 0 Å². The minimum Gasteiger partial charge on any atom is -0.374 e. The second kappa shape index (κ2) is 4.75. The van der Waals surface area contributed by atoms with E-state index >= 15 is 0 Å². The first kappa shape index (κ1) is 12.5. The summed E-state index contributed by atoms with van der Waals surface area (Å²) in [5, 5.41) is 0. The number of ether oxygens (including phenoxy) is 1. The van der Waals surface area contributed by atoms with Crippen LogP contribution in [0.15, 0.2) is 22.7 Å². The molecular formula is C12H13Br2FO. The predicted molar refractivity (Wildman–Crippen MR) is 69.4 cm³/mol. The van der Waals surface area contributed by atoms with Crippen molar-refractivity contribution >= 4 is 31.9 Å². The Balaban J connectivity index is 2.26. The molecule has 0 amide bonds. The fourth-order valence-electron chi connectivity index (χ4n) is 2.02. The zero-order chi connectivity index (χ0) is 11.8. The van der Waals surface area contributed by atoms with Crippen LogP contribution in [0.2, 0.25) is 0 Å². The van der Waals surface area contributed by atoms with Crippen molar-refractivity contribution in [1.82, 2.24) is 0 Å². The third-order valence-corrected chi connectivity index (χ3v) is 5.13. The molecule has 4 heteroatoms. The molecule has 0 saturated carbocycles. The Bertz CT molecular complexity index is 389. The van der Waals surface area contributed by atoms with Crippen LogP contribution in [0.5, 0.6) is 0 Å². The maximum atomic E-state index is 13.1. The first-order chi connectivity index (χ1) is 7.53. The Morgan fingerprint density at radius 3 is 2.81 bits per heavy atom. The third kappa shape index (κ3) is 2.34. The van der Waals surface area contributed by atoms with Crippen molar-refractivity contribution in [1.29, 1.82) is 0 Å². The monoisotopic (exact) mass is 350 g/mol. The van der Waals surface area contributed by atoms with Crippen LogP contribution in [-0.2, 0) is 4.74 Å². The fourth-order valence-corrected chi connectivity index (χ4v) is 3.07. The summed E-state index contributed by atoms with van der Waals surface area (Å²) in [6.07, 6.45) is 2.11. The van der Waals surface area contributed by atoms with E-state index in [0.717, 1.165) is 25.0 Å². The average Bonchev–Trinajstić information content (AvgIpc) is 2.70. The van der Waals surface area contributed by atoms with Gasteiger partial charge in [0.15, 0.2) is 0 Å². The van der Waals surface area contributed by atoms with Gasteiger partial charge in [-0.1, -0.05) is 22.0 Å². The molecule has 0 aliphatic carbocycles. The second-order valence-corrected chi connectivity index (χ2v) is 6.07. The van der Waals surface area contributed by atoms with Gasteiger partial charge in [-0.15, -0.1) is 0 Å². The van der Waals surface area contributed by atoms with E-state index in [1.807, 2.05) is 6.07 Å². The van der Waals surface area contributed by atoms with Crippen molar-refractivity contribution in [2.75, 3.05) is 6.61 Å². The molecule has 1 saturated heterocycles. The van der Waals surface area contributed by atoms with Crippen molar-refractivity contribution in [3.8, 4) is 0 Å². The Kier molecular flexibility index (Phi) is 3.72. The van der Waals surface area contributed by atoms with Gasteiger partial charge >= 0.3 is 0 Å². The van der Waals surface area contributed by atoms with Gasteiger partial charge in [0.25, 0.3) is 0 Å². The molecule has 0 spiro atoms. The first-order valence-corrected chi connectivity index (χ1v) is 6.97. The molecule has 16 heavy (non-hydrogen) atoms. The van der Waals surface area contributed by atoms with Crippen LogP contribution in [0, 0.1) is 5.82 Å². The van der Waals surface area contributed by atoms with E-state index in [2.05, 4.69) is 38.8 Å². The molecule has 0 aromatic heterocycles. The maximum absolute atomic E-state index is 13.1. The van der Waals surface area contributed by atoms with Crippen LogP contribution in [0.25, 0.3) is 0 Å². The van der Waals surface area contributed by atoms with Crippen molar-refractivity contribution in [3.63, 3.8) is 0 Å². The van der Waals surface area contributed by atoms with Gasteiger partial charge in [0.2, 0.25) is 0 Å². The summed E-state index contributed by atoms with van der Waals surface area (Å²) in [5.41, 5.74) is 0.856. The molecule has 88 valence electrons. The maximum Gasteiger partial charge on any atom is 0.137 e. The molecule has 1 aromatic carbocycles. The summed E-state index contributed by atoms with van der Waals surface area (Å²) in [6, 6.07) is 5.08. The Morgan fingerprint density at radius 2 is 2.25 bits per heavy atom. The van der Waals surface area contributed by atoms with Crippen molar-refractivity contribution < 1.29 is 9.13 Å². The van der Waals surface area contributed by atoms with Gasteiger partial charge in [0.05, 0.1) is 14.9 Å². The number of halogens is 3. The Hall–Kier alpha value is 0.0700. The quantitative estimate of drug-likeness (QED) is 0.708. The molecule has 2 unspecified atom stereocenters. The van der Waals surface area contributed by atoms with Gasteiger partial charge in [-0.3, -0.25) is 0 Å². The summed E-state index contributed by atoms with van der Waals surface area (Å²) >= 11 is 6.86. The lowest BCUT2D eigenvalue weighted by Crippen LogP contribution is -2.28.